The summed E-state index contributed by atoms with van der Waals surface area (Å²) >= 11 is 3.58. The van der Waals surface area contributed by atoms with E-state index in [4.69, 9.17) is 0 Å². The summed E-state index contributed by atoms with van der Waals surface area (Å²) in [5, 5.41) is 3.99. The molecule has 3 aliphatic carbocycles. The maximum atomic E-state index is 3.99. The van der Waals surface area contributed by atoms with Crippen LogP contribution in [0.25, 0.3) is 0 Å². The number of hydrogen-bond acceptors (Lipinski definition) is 1. The van der Waals surface area contributed by atoms with Crippen LogP contribution < -0.4 is 5.32 Å². The summed E-state index contributed by atoms with van der Waals surface area (Å²) in [6.45, 7) is 0. The lowest BCUT2D eigenvalue weighted by atomic mass is 9.86. The van der Waals surface area contributed by atoms with Crippen molar-refractivity contribution in [2.45, 2.75) is 57.0 Å². The molecule has 2 fully saturated rings. The fourth-order valence-corrected chi connectivity index (χ4v) is 5.03. The van der Waals surface area contributed by atoms with Crippen LogP contribution in [0.4, 0.5) is 0 Å². The Hall–Kier alpha value is -0.340. The topological polar surface area (TPSA) is 12.0 Å². The van der Waals surface area contributed by atoms with E-state index in [0.29, 0.717) is 0 Å². The Kier molecular flexibility index (Phi) is 3.19. The fourth-order valence-electron chi connectivity index (χ4n) is 4.62. The smallest absolute Gasteiger partial charge is 0.0178 e. The van der Waals surface area contributed by atoms with Crippen molar-refractivity contribution >= 4 is 15.9 Å². The molecule has 0 aliphatic heterocycles. The zero-order valence-corrected chi connectivity index (χ0v) is 13.0. The number of nitrogens with one attached hydrogen (secondary N) is 1. The van der Waals surface area contributed by atoms with Crippen LogP contribution >= 0.6 is 15.9 Å². The summed E-state index contributed by atoms with van der Waals surface area (Å²) in [6.07, 6.45) is 9.74. The van der Waals surface area contributed by atoms with E-state index in [-0.39, 0.29) is 0 Å². The third-order valence-corrected chi connectivity index (χ3v) is 6.08. The highest BCUT2D eigenvalue weighted by atomic mass is 79.9. The Morgan fingerprint density at radius 3 is 2.79 bits per heavy atom. The van der Waals surface area contributed by atoms with Crippen LogP contribution in [-0.2, 0) is 12.8 Å². The molecular formula is C17H22BrN. The first-order chi connectivity index (χ1) is 9.28. The molecule has 2 bridgehead atoms. The highest BCUT2D eigenvalue weighted by Gasteiger charge is 2.40. The number of fused-ring (bicyclic) bond motifs is 3. The van der Waals surface area contributed by atoms with Crippen molar-refractivity contribution in [3.05, 3.63) is 33.8 Å². The van der Waals surface area contributed by atoms with E-state index in [2.05, 4.69) is 39.4 Å². The average molecular weight is 320 g/mol. The molecule has 1 N–H and O–H groups in total. The molecule has 0 radical (unpaired) electrons. The van der Waals surface area contributed by atoms with Crippen LogP contribution in [0.15, 0.2) is 22.7 Å². The molecule has 0 spiro atoms. The zero-order valence-electron chi connectivity index (χ0n) is 11.4. The maximum absolute atomic E-state index is 3.99. The van der Waals surface area contributed by atoms with Crippen LogP contribution in [0.1, 0.15) is 43.2 Å². The number of rotatable bonds is 2. The molecule has 19 heavy (non-hydrogen) atoms. The van der Waals surface area contributed by atoms with Crippen LogP contribution in [-0.4, -0.2) is 12.1 Å². The van der Waals surface area contributed by atoms with Crippen LogP contribution in [0.2, 0.25) is 0 Å². The first kappa shape index (κ1) is 12.4. The van der Waals surface area contributed by atoms with Crippen LogP contribution in [0.3, 0.4) is 0 Å². The highest BCUT2D eigenvalue weighted by molar-refractivity contribution is 9.10. The molecule has 4 unspecified atom stereocenters. The van der Waals surface area contributed by atoms with Gasteiger partial charge in [0.05, 0.1) is 0 Å². The molecule has 2 heteroatoms. The number of aryl methyl sites for hydroxylation is 1. The average Bonchev–Trinajstić information content (AvgIpc) is 3.01. The quantitative estimate of drug-likeness (QED) is 0.866. The molecular weight excluding hydrogens is 298 g/mol. The van der Waals surface area contributed by atoms with Crippen LogP contribution in [0, 0.1) is 11.8 Å². The summed E-state index contributed by atoms with van der Waals surface area (Å²) < 4.78 is 1.23. The van der Waals surface area contributed by atoms with Gasteiger partial charge in [0.15, 0.2) is 0 Å². The van der Waals surface area contributed by atoms with Gasteiger partial charge in [-0.05, 0) is 73.6 Å². The van der Waals surface area contributed by atoms with Gasteiger partial charge in [-0.1, -0.05) is 28.4 Å². The maximum Gasteiger partial charge on any atom is 0.0178 e. The van der Waals surface area contributed by atoms with E-state index in [1.165, 1.54) is 49.4 Å². The van der Waals surface area contributed by atoms with E-state index in [9.17, 15) is 0 Å². The number of benzene rings is 1. The SMILES string of the molecule is Brc1ccc2c(c1)CCC(NC1CC3CCC1C3)C2. The minimum absolute atomic E-state index is 0.720. The van der Waals surface area contributed by atoms with Gasteiger partial charge in [0.2, 0.25) is 0 Å². The molecule has 0 amide bonds. The molecule has 3 aliphatic rings. The highest BCUT2D eigenvalue weighted by Crippen LogP contribution is 2.44. The standard InChI is InChI=1S/C17H22BrN/c18-15-5-3-13-10-16(6-4-12(13)9-15)19-17-8-11-1-2-14(17)7-11/h3,5,9,11,14,16-17,19H,1-2,4,6-8,10H2. The summed E-state index contributed by atoms with van der Waals surface area (Å²) in [7, 11) is 0. The molecule has 1 aromatic carbocycles. The van der Waals surface area contributed by atoms with Crippen molar-refractivity contribution in [1.29, 1.82) is 0 Å². The lowest BCUT2D eigenvalue weighted by Crippen LogP contribution is -2.44. The van der Waals surface area contributed by atoms with Gasteiger partial charge in [0.25, 0.3) is 0 Å². The second kappa shape index (κ2) is 4.89. The Labute approximate surface area is 124 Å². The summed E-state index contributed by atoms with van der Waals surface area (Å²) in [5.74, 6) is 2.05. The fraction of sp³-hybridized carbons (Fsp3) is 0.647. The second-order valence-electron chi connectivity index (χ2n) is 6.80. The van der Waals surface area contributed by atoms with Gasteiger partial charge >= 0.3 is 0 Å². The molecule has 102 valence electrons. The molecule has 0 aromatic heterocycles. The second-order valence-corrected chi connectivity index (χ2v) is 7.72. The third kappa shape index (κ3) is 2.38. The molecule has 4 rings (SSSR count). The van der Waals surface area contributed by atoms with Gasteiger partial charge in [-0.15, -0.1) is 0 Å². The van der Waals surface area contributed by atoms with Crippen molar-refractivity contribution in [2.75, 3.05) is 0 Å². The zero-order chi connectivity index (χ0) is 12.8. The summed E-state index contributed by atoms with van der Waals surface area (Å²) in [5.41, 5.74) is 3.12. The summed E-state index contributed by atoms with van der Waals surface area (Å²) in [6, 6.07) is 8.37. The largest absolute Gasteiger partial charge is 0.311 e. The first-order valence-corrected chi connectivity index (χ1v) is 8.60. The van der Waals surface area contributed by atoms with Crippen molar-refractivity contribution in [3.63, 3.8) is 0 Å². The minimum atomic E-state index is 0.720. The van der Waals surface area contributed by atoms with Gasteiger partial charge in [-0.25, -0.2) is 0 Å². The van der Waals surface area contributed by atoms with Gasteiger partial charge in [0, 0.05) is 16.6 Å². The molecule has 0 heterocycles. The van der Waals surface area contributed by atoms with Gasteiger partial charge in [0.1, 0.15) is 0 Å². The molecule has 1 aromatic rings. The van der Waals surface area contributed by atoms with E-state index in [0.717, 1.165) is 23.9 Å². The van der Waals surface area contributed by atoms with Gasteiger partial charge in [-0.2, -0.15) is 0 Å². The van der Waals surface area contributed by atoms with E-state index < -0.39 is 0 Å². The van der Waals surface area contributed by atoms with Gasteiger partial charge < -0.3 is 5.32 Å². The molecule has 2 saturated carbocycles. The first-order valence-electron chi connectivity index (χ1n) is 7.81. The monoisotopic (exact) mass is 319 g/mol. The van der Waals surface area contributed by atoms with Crippen molar-refractivity contribution in [2.24, 2.45) is 11.8 Å². The Morgan fingerprint density at radius 1 is 1.05 bits per heavy atom. The lowest BCUT2D eigenvalue weighted by molar-refractivity contribution is 0.303. The third-order valence-electron chi connectivity index (χ3n) is 5.58. The Morgan fingerprint density at radius 2 is 2.00 bits per heavy atom. The molecule has 1 nitrogen and oxygen atoms in total. The predicted molar refractivity (Wildman–Crippen MR) is 82.3 cm³/mol. The number of halogens is 1. The van der Waals surface area contributed by atoms with E-state index in [1.807, 2.05) is 0 Å². The van der Waals surface area contributed by atoms with E-state index >= 15 is 0 Å². The van der Waals surface area contributed by atoms with E-state index in [1.54, 1.807) is 11.1 Å². The van der Waals surface area contributed by atoms with Crippen molar-refractivity contribution < 1.29 is 0 Å². The Bertz CT molecular complexity index is 484. The number of hydrogen-bond donors (Lipinski definition) is 1. The van der Waals surface area contributed by atoms with Crippen molar-refractivity contribution in [3.8, 4) is 0 Å². The lowest BCUT2D eigenvalue weighted by Gasteiger charge is -2.32. The van der Waals surface area contributed by atoms with Crippen molar-refractivity contribution in [1.82, 2.24) is 5.32 Å². The predicted octanol–water partition coefficient (Wildman–Crippen LogP) is 4.08. The Balaban J connectivity index is 1.43. The van der Waals surface area contributed by atoms with Gasteiger partial charge in [-0.3, -0.25) is 0 Å². The van der Waals surface area contributed by atoms with Crippen LogP contribution in [0.5, 0.6) is 0 Å². The molecule has 0 saturated heterocycles. The minimum Gasteiger partial charge on any atom is -0.311 e. The normalized spacial score (nSPS) is 36.5. The summed E-state index contributed by atoms with van der Waals surface area (Å²) in [4.78, 5) is 0. The molecule has 4 atom stereocenters.